The summed E-state index contributed by atoms with van der Waals surface area (Å²) in [6.45, 7) is 2.13. The number of rotatable bonds is 4. The Morgan fingerprint density at radius 2 is 1.89 bits per heavy atom. The number of thioether (sulfide) groups is 2. The minimum atomic E-state index is -0.293. The second-order valence-electron chi connectivity index (χ2n) is 4.61. The molecule has 0 bridgehead atoms. The molecule has 0 aliphatic heterocycles. The fourth-order valence-electron chi connectivity index (χ4n) is 2.45. The molecule has 0 N–H and O–H groups in total. The van der Waals surface area contributed by atoms with Crippen molar-refractivity contribution in [3.63, 3.8) is 0 Å². The molecular formula is C14H17NOS2. The number of hydrogen-bond acceptors (Lipinski definition) is 4. The first-order valence-electron chi connectivity index (χ1n) is 5.99. The molecule has 0 heterocycles. The third-order valence-electron chi connectivity index (χ3n) is 3.66. The van der Waals surface area contributed by atoms with E-state index in [9.17, 15) is 4.79 Å². The molecule has 0 unspecified atom stereocenters. The summed E-state index contributed by atoms with van der Waals surface area (Å²) >= 11 is 3.48. The third kappa shape index (κ3) is 2.25. The maximum Gasteiger partial charge on any atom is 0.235 e. The summed E-state index contributed by atoms with van der Waals surface area (Å²) in [5.74, 6) is 0. The monoisotopic (exact) mass is 279 g/mol. The van der Waals surface area contributed by atoms with E-state index in [-0.39, 0.29) is 5.54 Å². The lowest BCUT2D eigenvalue weighted by molar-refractivity contribution is 0.251. The average Bonchev–Trinajstić information content (AvgIpc) is 2.33. The molecule has 1 aromatic carbocycles. The second kappa shape index (κ2) is 5.52. The summed E-state index contributed by atoms with van der Waals surface area (Å²) < 4.78 is 0. The molecule has 0 atom stereocenters. The molecule has 0 aromatic heterocycles. The van der Waals surface area contributed by atoms with Crippen LogP contribution in [0.1, 0.15) is 30.4 Å². The Bertz CT molecular complexity index is 503. The Morgan fingerprint density at radius 3 is 2.33 bits per heavy atom. The molecule has 2 rings (SSSR count). The molecule has 96 valence electrons. The van der Waals surface area contributed by atoms with Gasteiger partial charge in [-0.3, -0.25) is 0 Å². The van der Waals surface area contributed by atoms with E-state index in [1.165, 1.54) is 20.9 Å². The molecule has 1 aromatic rings. The number of isocyanates is 1. The predicted molar refractivity (Wildman–Crippen MR) is 78.4 cm³/mol. The van der Waals surface area contributed by atoms with Crippen LogP contribution in [0.15, 0.2) is 26.9 Å². The van der Waals surface area contributed by atoms with E-state index < -0.39 is 0 Å². The molecule has 2 nitrogen and oxygen atoms in total. The zero-order chi connectivity index (χ0) is 13.2. The van der Waals surface area contributed by atoms with Gasteiger partial charge in [-0.1, -0.05) is 0 Å². The van der Waals surface area contributed by atoms with Crippen LogP contribution in [-0.2, 0) is 10.3 Å². The molecule has 1 aliphatic carbocycles. The average molecular weight is 279 g/mol. The number of aliphatic imine (C=N–C) groups is 1. The lowest BCUT2D eigenvalue weighted by Crippen LogP contribution is -2.32. The Kier molecular flexibility index (Phi) is 4.21. The number of aryl methyl sites for hydroxylation is 1. The van der Waals surface area contributed by atoms with Crippen molar-refractivity contribution in [2.24, 2.45) is 4.99 Å². The molecular weight excluding hydrogens is 262 g/mol. The van der Waals surface area contributed by atoms with Crippen molar-refractivity contribution in [1.29, 1.82) is 0 Å². The van der Waals surface area contributed by atoms with Crippen LogP contribution in [0.2, 0.25) is 0 Å². The highest BCUT2D eigenvalue weighted by atomic mass is 32.2. The molecule has 4 heteroatoms. The van der Waals surface area contributed by atoms with Crippen LogP contribution < -0.4 is 0 Å². The van der Waals surface area contributed by atoms with Crippen molar-refractivity contribution >= 4 is 29.6 Å². The van der Waals surface area contributed by atoms with Crippen LogP contribution in [0.25, 0.3) is 0 Å². The minimum Gasteiger partial charge on any atom is -0.211 e. The molecule has 0 spiro atoms. The summed E-state index contributed by atoms with van der Waals surface area (Å²) in [7, 11) is 0. The number of nitrogens with zero attached hydrogens (tertiary/aromatic N) is 1. The van der Waals surface area contributed by atoms with E-state index in [2.05, 4.69) is 36.6 Å². The first-order valence-corrected chi connectivity index (χ1v) is 8.44. The molecule has 1 fully saturated rings. The van der Waals surface area contributed by atoms with Crippen LogP contribution in [-0.4, -0.2) is 18.6 Å². The van der Waals surface area contributed by atoms with E-state index in [4.69, 9.17) is 0 Å². The van der Waals surface area contributed by atoms with Gasteiger partial charge in [-0.05, 0) is 62.0 Å². The minimum absolute atomic E-state index is 0.293. The van der Waals surface area contributed by atoms with E-state index in [1.54, 1.807) is 29.6 Å². The molecule has 0 saturated heterocycles. The highest BCUT2D eigenvalue weighted by Crippen LogP contribution is 2.48. The SMILES string of the molecule is CSc1cc(C2(N=C=O)CCC2)c(SC)cc1C. The molecule has 0 radical (unpaired) electrons. The summed E-state index contributed by atoms with van der Waals surface area (Å²) in [5.41, 5.74) is 2.21. The van der Waals surface area contributed by atoms with Crippen LogP contribution >= 0.6 is 23.5 Å². The first-order chi connectivity index (χ1) is 8.66. The van der Waals surface area contributed by atoms with Gasteiger partial charge in [0.05, 0.1) is 5.54 Å². The molecule has 0 amide bonds. The second-order valence-corrected chi connectivity index (χ2v) is 6.31. The molecule has 1 aliphatic rings. The zero-order valence-corrected chi connectivity index (χ0v) is 12.6. The zero-order valence-electron chi connectivity index (χ0n) is 10.9. The fourth-order valence-corrected chi connectivity index (χ4v) is 3.83. The van der Waals surface area contributed by atoms with E-state index in [1.807, 2.05) is 0 Å². The lowest BCUT2D eigenvalue weighted by Gasteiger charge is -2.38. The van der Waals surface area contributed by atoms with E-state index >= 15 is 0 Å². The Hall–Kier alpha value is -0.700. The van der Waals surface area contributed by atoms with E-state index in [0.717, 1.165) is 19.3 Å². The van der Waals surface area contributed by atoms with E-state index in [0.29, 0.717) is 0 Å². The molecule has 18 heavy (non-hydrogen) atoms. The van der Waals surface area contributed by atoms with Crippen molar-refractivity contribution in [2.75, 3.05) is 12.5 Å². The van der Waals surface area contributed by atoms with Gasteiger partial charge >= 0.3 is 0 Å². The van der Waals surface area contributed by atoms with Gasteiger partial charge in [0, 0.05) is 9.79 Å². The Balaban J connectivity index is 2.57. The number of benzene rings is 1. The van der Waals surface area contributed by atoms with Gasteiger partial charge in [0.2, 0.25) is 6.08 Å². The van der Waals surface area contributed by atoms with Crippen molar-refractivity contribution in [3.05, 3.63) is 23.3 Å². The summed E-state index contributed by atoms with van der Waals surface area (Å²) in [6.07, 6.45) is 9.00. The summed E-state index contributed by atoms with van der Waals surface area (Å²) in [6, 6.07) is 4.43. The van der Waals surface area contributed by atoms with Gasteiger partial charge < -0.3 is 0 Å². The highest BCUT2D eigenvalue weighted by Gasteiger charge is 2.40. The van der Waals surface area contributed by atoms with Crippen molar-refractivity contribution < 1.29 is 4.79 Å². The van der Waals surface area contributed by atoms with Crippen LogP contribution in [0.5, 0.6) is 0 Å². The van der Waals surface area contributed by atoms with Crippen molar-refractivity contribution in [2.45, 2.75) is 41.5 Å². The Morgan fingerprint density at radius 1 is 1.22 bits per heavy atom. The van der Waals surface area contributed by atoms with Crippen LogP contribution in [0, 0.1) is 6.92 Å². The quantitative estimate of drug-likeness (QED) is 0.471. The van der Waals surface area contributed by atoms with Crippen LogP contribution in [0.4, 0.5) is 0 Å². The first kappa shape index (κ1) is 13.7. The van der Waals surface area contributed by atoms with Gasteiger partial charge in [-0.25, -0.2) is 4.79 Å². The van der Waals surface area contributed by atoms with Gasteiger partial charge in [-0.2, -0.15) is 4.99 Å². The molecule has 1 saturated carbocycles. The predicted octanol–water partition coefficient (Wildman–Crippen LogP) is 4.15. The normalized spacial score (nSPS) is 16.8. The summed E-state index contributed by atoms with van der Waals surface area (Å²) in [4.78, 5) is 17.3. The number of hydrogen-bond donors (Lipinski definition) is 0. The Labute approximate surface area is 117 Å². The van der Waals surface area contributed by atoms with Crippen LogP contribution in [0.3, 0.4) is 0 Å². The van der Waals surface area contributed by atoms with Crippen molar-refractivity contribution in [1.82, 2.24) is 0 Å². The third-order valence-corrected chi connectivity index (χ3v) is 5.32. The number of carbonyl (C=O) groups excluding carboxylic acids is 1. The fraction of sp³-hybridized carbons (Fsp3) is 0.500. The smallest absolute Gasteiger partial charge is 0.211 e. The van der Waals surface area contributed by atoms with Crippen molar-refractivity contribution in [3.8, 4) is 0 Å². The maximum absolute atomic E-state index is 10.7. The summed E-state index contributed by atoms with van der Waals surface area (Å²) in [5, 5.41) is 0. The maximum atomic E-state index is 10.7. The standard InChI is InChI=1S/C14H17NOS2/c1-10-7-13(18-3)11(8-12(10)17-2)14(15-9-16)5-4-6-14/h7-8H,4-6H2,1-3H3. The largest absolute Gasteiger partial charge is 0.235 e. The van der Waals surface area contributed by atoms with Gasteiger partial charge in [0.1, 0.15) is 0 Å². The highest BCUT2D eigenvalue weighted by molar-refractivity contribution is 7.99. The van der Waals surface area contributed by atoms with Gasteiger partial charge in [0.25, 0.3) is 0 Å². The van der Waals surface area contributed by atoms with Gasteiger partial charge in [0.15, 0.2) is 0 Å². The topological polar surface area (TPSA) is 29.4 Å². The lowest BCUT2D eigenvalue weighted by atomic mass is 9.72. The van der Waals surface area contributed by atoms with Gasteiger partial charge in [-0.15, -0.1) is 23.5 Å².